The highest BCUT2D eigenvalue weighted by atomic mass is 19.1. The summed E-state index contributed by atoms with van der Waals surface area (Å²) in [5.74, 6) is 0.370. The average Bonchev–Trinajstić information content (AvgIpc) is 2.93. The fourth-order valence-corrected chi connectivity index (χ4v) is 1.73. The van der Waals surface area contributed by atoms with Gasteiger partial charge in [0.1, 0.15) is 17.3 Å². The lowest BCUT2D eigenvalue weighted by molar-refractivity contribution is 0.168. The van der Waals surface area contributed by atoms with Crippen molar-refractivity contribution in [2.24, 2.45) is 0 Å². The molecule has 1 aromatic heterocycles. The Bertz CT molecular complexity index is 527. The van der Waals surface area contributed by atoms with Gasteiger partial charge in [-0.3, -0.25) is 4.68 Å². The number of hydrogen-bond acceptors (Lipinski definition) is 4. The van der Waals surface area contributed by atoms with Crippen LogP contribution in [0.3, 0.4) is 0 Å². The maximum absolute atomic E-state index is 12.7. The molecule has 1 atom stereocenters. The minimum absolute atomic E-state index is 0.276. The molecule has 0 saturated carbocycles. The van der Waals surface area contributed by atoms with E-state index in [0.29, 0.717) is 31.0 Å². The number of rotatable bonds is 7. The van der Waals surface area contributed by atoms with Crippen LogP contribution in [0.1, 0.15) is 31.6 Å². The molecule has 1 aromatic carbocycles. The Morgan fingerprint density at radius 3 is 2.80 bits per heavy atom. The van der Waals surface area contributed by atoms with Gasteiger partial charge in [0.15, 0.2) is 0 Å². The Labute approximate surface area is 117 Å². The fourth-order valence-electron chi connectivity index (χ4n) is 1.73. The summed E-state index contributed by atoms with van der Waals surface area (Å²) in [5, 5.41) is 17.5. The van der Waals surface area contributed by atoms with Crippen molar-refractivity contribution in [3.8, 4) is 5.75 Å². The van der Waals surface area contributed by atoms with Gasteiger partial charge in [0, 0.05) is 13.0 Å². The summed E-state index contributed by atoms with van der Waals surface area (Å²) >= 11 is 0. The zero-order valence-electron chi connectivity index (χ0n) is 11.4. The summed E-state index contributed by atoms with van der Waals surface area (Å²) in [6.07, 6.45) is 2.56. The van der Waals surface area contributed by atoms with Crippen LogP contribution in [-0.4, -0.2) is 26.7 Å². The Hall–Kier alpha value is -1.95. The summed E-state index contributed by atoms with van der Waals surface area (Å²) in [6.45, 7) is 3.06. The minimum atomic E-state index is -0.556. The quantitative estimate of drug-likeness (QED) is 0.790. The summed E-state index contributed by atoms with van der Waals surface area (Å²) in [7, 11) is 0. The summed E-state index contributed by atoms with van der Waals surface area (Å²) in [5.41, 5.74) is 0.590. The Kier molecular flexibility index (Phi) is 5.06. The zero-order valence-corrected chi connectivity index (χ0v) is 11.4. The van der Waals surface area contributed by atoms with E-state index >= 15 is 0 Å². The number of ether oxygens (including phenoxy) is 1. The second-order valence-corrected chi connectivity index (χ2v) is 4.49. The van der Waals surface area contributed by atoms with Gasteiger partial charge in [-0.05, 0) is 30.7 Å². The first-order chi connectivity index (χ1) is 9.69. The molecule has 5 nitrogen and oxygen atoms in total. The van der Waals surface area contributed by atoms with E-state index < -0.39 is 6.10 Å². The Morgan fingerprint density at radius 2 is 2.10 bits per heavy atom. The monoisotopic (exact) mass is 279 g/mol. The highest BCUT2D eigenvalue weighted by molar-refractivity contribution is 5.21. The van der Waals surface area contributed by atoms with Crippen LogP contribution in [0.25, 0.3) is 0 Å². The van der Waals surface area contributed by atoms with Crippen molar-refractivity contribution >= 4 is 0 Å². The smallest absolute Gasteiger partial charge is 0.123 e. The van der Waals surface area contributed by atoms with Crippen LogP contribution >= 0.6 is 0 Å². The lowest BCUT2D eigenvalue weighted by Crippen LogP contribution is -2.05. The summed E-state index contributed by atoms with van der Waals surface area (Å²) in [4.78, 5) is 0. The predicted octanol–water partition coefficient (Wildman–Crippen LogP) is 2.33. The molecule has 1 unspecified atom stereocenters. The van der Waals surface area contributed by atoms with E-state index in [4.69, 9.17) is 4.74 Å². The van der Waals surface area contributed by atoms with Crippen LogP contribution in [-0.2, 0) is 6.54 Å². The number of halogens is 1. The number of aromatic nitrogens is 3. The van der Waals surface area contributed by atoms with Crippen molar-refractivity contribution < 1.29 is 14.2 Å². The van der Waals surface area contributed by atoms with Crippen molar-refractivity contribution in [3.63, 3.8) is 0 Å². The third kappa shape index (κ3) is 4.03. The average molecular weight is 279 g/mol. The fraction of sp³-hybridized carbons (Fsp3) is 0.429. The Balaban J connectivity index is 1.73. The van der Waals surface area contributed by atoms with Gasteiger partial charge in [-0.1, -0.05) is 12.1 Å². The molecule has 2 rings (SSSR count). The lowest BCUT2D eigenvalue weighted by atomic mass is 10.2. The van der Waals surface area contributed by atoms with Gasteiger partial charge in [0.05, 0.1) is 18.9 Å². The number of hydrogen-bond donors (Lipinski definition) is 1. The molecule has 0 aliphatic heterocycles. The van der Waals surface area contributed by atoms with Gasteiger partial charge in [0.2, 0.25) is 0 Å². The van der Waals surface area contributed by atoms with Crippen LogP contribution in [0.2, 0.25) is 0 Å². The van der Waals surface area contributed by atoms with Crippen LogP contribution in [0.15, 0.2) is 30.5 Å². The first-order valence-electron chi connectivity index (χ1n) is 6.65. The molecule has 108 valence electrons. The first kappa shape index (κ1) is 14.5. The third-order valence-corrected chi connectivity index (χ3v) is 2.90. The molecule has 6 heteroatoms. The molecule has 0 bridgehead atoms. The molecule has 0 aliphatic carbocycles. The van der Waals surface area contributed by atoms with Gasteiger partial charge >= 0.3 is 0 Å². The van der Waals surface area contributed by atoms with E-state index in [2.05, 4.69) is 10.3 Å². The van der Waals surface area contributed by atoms with Crippen molar-refractivity contribution in [3.05, 3.63) is 42.0 Å². The molecule has 0 amide bonds. The molecule has 1 N–H and O–H groups in total. The van der Waals surface area contributed by atoms with Gasteiger partial charge in [-0.25, -0.2) is 4.39 Å². The first-order valence-corrected chi connectivity index (χ1v) is 6.65. The lowest BCUT2D eigenvalue weighted by Gasteiger charge is -2.05. The second-order valence-electron chi connectivity index (χ2n) is 4.49. The standard InChI is InChI=1S/C14H18FN3O2/c1-2-14(19)13-10-18(17-16-13)8-3-9-20-12-6-4-11(15)5-7-12/h4-7,10,14,19H,2-3,8-9H2,1H3. The maximum Gasteiger partial charge on any atom is 0.123 e. The summed E-state index contributed by atoms with van der Waals surface area (Å²) in [6, 6.07) is 5.93. The SMILES string of the molecule is CCC(O)c1cn(CCCOc2ccc(F)cc2)nn1. The van der Waals surface area contributed by atoms with Crippen LogP contribution in [0.5, 0.6) is 5.75 Å². The topological polar surface area (TPSA) is 60.2 Å². The van der Waals surface area contributed by atoms with Gasteiger partial charge in [-0.2, -0.15) is 0 Å². The van der Waals surface area contributed by atoms with E-state index in [1.807, 2.05) is 6.92 Å². The molecule has 1 heterocycles. The molecule has 2 aromatic rings. The number of aliphatic hydroxyl groups excluding tert-OH is 1. The molecule has 0 fully saturated rings. The molecule has 0 radical (unpaired) electrons. The minimum Gasteiger partial charge on any atom is -0.494 e. The molecule has 0 saturated heterocycles. The van der Waals surface area contributed by atoms with Gasteiger partial charge in [-0.15, -0.1) is 5.10 Å². The Morgan fingerprint density at radius 1 is 1.35 bits per heavy atom. The van der Waals surface area contributed by atoms with E-state index in [1.54, 1.807) is 23.0 Å². The van der Waals surface area contributed by atoms with Crippen LogP contribution < -0.4 is 4.74 Å². The van der Waals surface area contributed by atoms with E-state index in [1.165, 1.54) is 12.1 Å². The highest BCUT2D eigenvalue weighted by Crippen LogP contribution is 2.13. The molecule has 0 spiro atoms. The number of nitrogens with zero attached hydrogens (tertiary/aromatic N) is 3. The number of aliphatic hydroxyl groups is 1. The van der Waals surface area contributed by atoms with E-state index in [0.717, 1.165) is 6.42 Å². The number of benzene rings is 1. The summed E-state index contributed by atoms with van der Waals surface area (Å²) < 4.78 is 19.9. The zero-order chi connectivity index (χ0) is 14.4. The van der Waals surface area contributed by atoms with Crippen LogP contribution in [0, 0.1) is 5.82 Å². The predicted molar refractivity (Wildman–Crippen MR) is 71.8 cm³/mol. The van der Waals surface area contributed by atoms with Crippen molar-refractivity contribution in [1.82, 2.24) is 15.0 Å². The van der Waals surface area contributed by atoms with E-state index in [-0.39, 0.29) is 5.82 Å². The van der Waals surface area contributed by atoms with Crippen molar-refractivity contribution in [1.29, 1.82) is 0 Å². The maximum atomic E-state index is 12.7. The van der Waals surface area contributed by atoms with Crippen molar-refractivity contribution in [2.45, 2.75) is 32.4 Å². The van der Waals surface area contributed by atoms with Crippen molar-refractivity contribution in [2.75, 3.05) is 6.61 Å². The molecular formula is C14H18FN3O2. The highest BCUT2D eigenvalue weighted by Gasteiger charge is 2.09. The third-order valence-electron chi connectivity index (χ3n) is 2.90. The van der Waals surface area contributed by atoms with Gasteiger partial charge in [0.25, 0.3) is 0 Å². The van der Waals surface area contributed by atoms with E-state index in [9.17, 15) is 9.50 Å². The molecular weight excluding hydrogens is 261 g/mol. The molecule has 20 heavy (non-hydrogen) atoms. The second kappa shape index (κ2) is 7.00. The normalized spacial score (nSPS) is 12.3. The number of aryl methyl sites for hydroxylation is 1. The molecule has 0 aliphatic rings. The van der Waals surface area contributed by atoms with Crippen LogP contribution in [0.4, 0.5) is 4.39 Å². The largest absolute Gasteiger partial charge is 0.494 e. The van der Waals surface area contributed by atoms with Gasteiger partial charge < -0.3 is 9.84 Å².